The average Bonchev–Trinajstić information content (AvgIpc) is 2.28. The number of nitrogen functional groups attached to an aromatic ring is 1. The molecular weight excluding hydrogens is 222 g/mol. The average molecular weight is 239 g/mol. The van der Waals surface area contributed by atoms with Gasteiger partial charge >= 0.3 is 0 Å². The number of aryl methyl sites for hydroxylation is 2. The molecule has 0 aromatic heterocycles. The first-order valence-corrected chi connectivity index (χ1v) is 6.01. The van der Waals surface area contributed by atoms with Gasteiger partial charge in [-0.25, -0.2) is 0 Å². The summed E-state index contributed by atoms with van der Waals surface area (Å²) in [6, 6.07) is 13.5. The minimum atomic E-state index is 0.137. The zero-order chi connectivity index (χ0) is 13.1. The van der Waals surface area contributed by atoms with Crippen molar-refractivity contribution < 1.29 is 4.79 Å². The summed E-state index contributed by atoms with van der Waals surface area (Å²) in [6.07, 6.45) is 0.437. The van der Waals surface area contributed by atoms with Crippen LogP contribution in [0.5, 0.6) is 0 Å². The van der Waals surface area contributed by atoms with Crippen LogP contribution in [0.4, 0.5) is 5.69 Å². The molecule has 2 aromatic carbocycles. The molecule has 0 saturated carbocycles. The lowest BCUT2D eigenvalue weighted by atomic mass is 9.98. The maximum Gasteiger partial charge on any atom is 0.167 e. The minimum Gasteiger partial charge on any atom is -0.399 e. The van der Waals surface area contributed by atoms with E-state index in [1.54, 1.807) is 6.07 Å². The van der Waals surface area contributed by atoms with Gasteiger partial charge in [0.2, 0.25) is 0 Å². The molecule has 0 aliphatic heterocycles. The van der Waals surface area contributed by atoms with Gasteiger partial charge in [0, 0.05) is 17.7 Å². The molecule has 2 heteroatoms. The molecule has 0 aliphatic carbocycles. The number of hydrogen-bond acceptors (Lipinski definition) is 2. The number of ketones is 1. The third-order valence-electron chi connectivity index (χ3n) is 3.00. The molecule has 0 unspecified atom stereocenters. The lowest BCUT2D eigenvalue weighted by Gasteiger charge is -2.06. The second kappa shape index (κ2) is 5.05. The third-order valence-corrected chi connectivity index (χ3v) is 3.00. The first-order chi connectivity index (χ1) is 8.56. The number of benzene rings is 2. The molecule has 0 saturated heterocycles. The summed E-state index contributed by atoms with van der Waals surface area (Å²) in [5.74, 6) is 0.137. The fraction of sp³-hybridized carbons (Fsp3) is 0.188. The minimum absolute atomic E-state index is 0.137. The van der Waals surface area contributed by atoms with Crippen LogP contribution in [0.2, 0.25) is 0 Å². The largest absolute Gasteiger partial charge is 0.399 e. The van der Waals surface area contributed by atoms with Gasteiger partial charge in [0.15, 0.2) is 5.78 Å². The highest BCUT2D eigenvalue weighted by Gasteiger charge is 2.10. The van der Waals surface area contributed by atoms with Gasteiger partial charge < -0.3 is 5.73 Å². The molecule has 2 nitrogen and oxygen atoms in total. The molecule has 18 heavy (non-hydrogen) atoms. The summed E-state index contributed by atoms with van der Waals surface area (Å²) < 4.78 is 0. The van der Waals surface area contributed by atoms with Crippen molar-refractivity contribution in [3.63, 3.8) is 0 Å². The van der Waals surface area contributed by atoms with E-state index in [9.17, 15) is 4.79 Å². The molecular formula is C16H17NO. The monoisotopic (exact) mass is 239 g/mol. The highest BCUT2D eigenvalue weighted by Crippen LogP contribution is 2.15. The van der Waals surface area contributed by atoms with E-state index >= 15 is 0 Å². The number of hydrogen-bond donors (Lipinski definition) is 1. The first-order valence-electron chi connectivity index (χ1n) is 6.01. The third kappa shape index (κ3) is 2.77. The maximum absolute atomic E-state index is 12.2. The van der Waals surface area contributed by atoms with Crippen molar-refractivity contribution in [2.45, 2.75) is 20.3 Å². The van der Waals surface area contributed by atoms with Crippen molar-refractivity contribution >= 4 is 11.5 Å². The normalized spacial score (nSPS) is 10.3. The molecule has 0 aliphatic rings. The Kier molecular flexibility index (Phi) is 3.47. The van der Waals surface area contributed by atoms with E-state index in [-0.39, 0.29) is 5.78 Å². The van der Waals surface area contributed by atoms with Gasteiger partial charge in [-0.05, 0) is 43.2 Å². The molecule has 0 spiro atoms. The Hall–Kier alpha value is -2.09. The summed E-state index contributed by atoms with van der Waals surface area (Å²) >= 11 is 0. The highest BCUT2D eigenvalue weighted by molar-refractivity contribution is 5.99. The van der Waals surface area contributed by atoms with E-state index in [0.29, 0.717) is 12.1 Å². The van der Waals surface area contributed by atoms with Crippen LogP contribution in [0.3, 0.4) is 0 Å². The fourth-order valence-electron chi connectivity index (χ4n) is 2.10. The van der Waals surface area contributed by atoms with Crippen molar-refractivity contribution in [1.82, 2.24) is 0 Å². The Labute approximate surface area is 107 Å². The number of anilines is 1. The second-order valence-corrected chi connectivity index (χ2v) is 4.66. The van der Waals surface area contributed by atoms with Crippen molar-refractivity contribution in [2.24, 2.45) is 0 Å². The van der Waals surface area contributed by atoms with Gasteiger partial charge in [0.05, 0.1) is 0 Å². The van der Waals surface area contributed by atoms with Crippen LogP contribution in [0.15, 0.2) is 42.5 Å². The van der Waals surface area contributed by atoms with Gasteiger partial charge in [0.1, 0.15) is 0 Å². The molecule has 92 valence electrons. The quantitative estimate of drug-likeness (QED) is 0.659. The fourth-order valence-corrected chi connectivity index (χ4v) is 2.10. The molecule has 0 fully saturated rings. The van der Waals surface area contributed by atoms with Crippen LogP contribution in [-0.2, 0) is 6.42 Å². The number of Topliss-reactive ketones (excluding diaryl/α,β-unsaturated/α-hetero) is 1. The molecule has 2 N–H and O–H groups in total. The van der Waals surface area contributed by atoms with Gasteiger partial charge in [0.25, 0.3) is 0 Å². The number of rotatable bonds is 3. The summed E-state index contributed by atoms with van der Waals surface area (Å²) in [5.41, 5.74) is 10.3. The van der Waals surface area contributed by atoms with E-state index in [1.807, 2.05) is 50.2 Å². The Balaban J connectivity index is 2.22. The highest BCUT2D eigenvalue weighted by atomic mass is 16.1. The van der Waals surface area contributed by atoms with Crippen molar-refractivity contribution in [2.75, 3.05) is 5.73 Å². The Bertz CT molecular complexity index is 587. The Morgan fingerprint density at radius 2 is 1.89 bits per heavy atom. The molecule has 0 heterocycles. The number of nitrogens with two attached hydrogens (primary N) is 1. The predicted molar refractivity (Wildman–Crippen MR) is 74.8 cm³/mol. The smallest absolute Gasteiger partial charge is 0.167 e. The van der Waals surface area contributed by atoms with E-state index in [0.717, 1.165) is 16.7 Å². The first kappa shape index (κ1) is 12.4. The molecule has 2 rings (SSSR count). The van der Waals surface area contributed by atoms with Crippen LogP contribution in [0, 0.1) is 13.8 Å². The van der Waals surface area contributed by atoms with Crippen molar-refractivity contribution in [3.8, 4) is 0 Å². The Morgan fingerprint density at radius 1 is 1.11 bits per heavy atom. The van der Waals surface area contributed by atoms with Gasteiger partial charge in [-0.2, -0.15) is 0 Å². The van der Waals surface area contributed by atoms with Crippen LogP contribution in [0.1, 0.15) is 27.0 Å². The van der Waals surface area contributed by atoms with Gasteiger partial charge in [-0.1, -0.05) is 29.8 Å². The SMILES string of the molecule is Cc1cccc(CC(=O)c2ccc(N)cc2C)c1. The zero-order valence-corrected chi connectivity index (χ0v) is 10.7. The van der Waals surface area contributed by atoms with Gasteiger partial charge in [-0.15, -0.1) is 0 Å². The van der Waals surface area contributed by atoms with E-state index in [4.69, 9.17) is 5.73 Å². The standard InChI is InChI=1S/C16H17NO/c1-11-4-3-5-13(8-11)10-16(18)15-7-6-14(17)9-12(15)2/h3-9H,10,17H2,1-2H3. The summed E-state index contributed by atoms with van der Waals surface area (Å²) in [6.45, 7) is 3.95. The van der Waals surface area contributed by atoms with Crippen molar-refractivity contribution in [1.29, 1.82) is 0 Å². The lowest BCUT2D eigenvalue weighted by molar-refractivity contribution is 0.0992. The zero-order valence-electron chi connectivity index (χ0n) is 10.7. The number of carbonyl (C=O) groups excluding carboxylic acids is 1. The molecule has 0 amide bonds. The maximum atomic E-state index is 12.2. The topological polar surface area (TPSA) is 43.1 Å². The second-order valence-electron chi connectivity index (χ2n) is 4.66. The van der Waals surface area contributed by atoms with Crippen molar-refractivity contribution in [3.05, 3.63) is 64.7 Å². The Morgan fingerprint density at radius 3 is 2.56 bits per heavy atom. The summed E-state index contributed by atoms with van der Waals surface area (Å²) in [5, 5.41) is 0. The molecule has 2 aromatic rings. The molecule has 0 radical (unpaired) electrons. The molecule has 0 atom stereocenters. The van der Waals surface area contributed by atoms with Crippen LogP contribution in [-0.4, -0.2) is 5.78 Å². The van der Waals surface area contributed by atoms with Crippen LogP contribution >= 0.6 is 0 Å². The molecule has 0 bridgehead atoms. The van der Waals surface area contributed by atoms with Crippen LogP contribution in [0.25, 0.3) is 0 Å². The summed E-state index contributed by atoms with van der Waals surface area (Å²) in [4.78, 5) is 12.2. The van der Waals surface area contributed by atoms with Crippen LogP contribution < -0.4 is 5.73 Å². The van der Waals surface area contributed by atoms with Gasteiger partial charge in [-0.3, -0.25) is 4.79 Å². The van der Waals surface area contributed by atoms with E-state index < -0.39 is 0 Å². The predicted octanol–water partition coefficient (Wildman–Crippen LogP) is 3.31. The van der Waals surface area contributed by atoms with E-state index in [1.165, 1.54) is 5.56 Å². The summed E-state index contributed by atoms with van der Waals surface area (Å²) in [7, 11) is 0. The number of carbonyl (C=O) groups is 1. The lowest BCUT2D eigenvalue weighted by Crippen LogP contribution is -2.06. The van der Waals surface area contributed by atoms with E-state index in [2.05, 4.69) is 0 Å².